The fourth-order valence-corrected chi connectivity index (χ4v) is 4.04. The minimum atomic E-state index is -0.913. The lowest BCUT2D eigenvalue weighted by Gasteiger charge is -2.26. The molecule has 2 aliphatic rings. The number of rotatable bonds is 6. The first-order chi connectivity index (χ1) is 14.4. The van der Waals surface area contributed by atoms with E-state index in [1.165, 1.54) is 18.0 Å². The lowest BCUT2D eigenvalue weighted by molar-refractivity contribution is -0.121. The highest BCUT2D eigenvalue weighted by molar-refractivity contribution is 6.23. The average molecular weight is 410 g/mol. The van der Waals surface area contributed by atoms with Crippen molar-refractivity contribution in [3.8, 4) is 11.8 Å². The summed E-state index contributed by atoms with van der Waals surface area (Å²) in [6.07, 6.45) is 5.09. The molecule has 0 spiro atoms. The van der Waals surface area contributed by atoms with Gasteiger partial charge in [-0.1, -0.05) is 26.8 Å². The van der Waals surface area contributed by atoms with E-state index < -0.39 is 11.6 Å². The highest BCUT2D eigenvalue weighted by atomic mass is 16.5. The Balaban J connectivity index is 1.54. The number of aromatic nitrogens is 2. The van der Waals surface area contributed by atoms with Crippen molar-refractivity contribution in [3.63, 3.8) is 0 Å². The molecule has 8 nitrogen and oxygen atoms in total. The molecule has 0 unspecified atom stereocenters. The number of nitrogens with zero attached hydrogens (tertiary/aromatic N) is 3. The summed E-state index contributed by atoms with van der Waals surface area (Å²) in [7, 11) is 0. The monoisotopic (exact) mass is 410 g/mol. The second kappa shape index (κ2) is 7.36. The molecule has 0 radical (unpaired) electrons. The van der Waals surface area contributed by atoms with Crippen LogP contribution in [0.2, 0.25) is 0 Å². The van der Waals surface area contributed by atoms with Gasteiger partial charge >= 0.3 is 12.0 Å². The van der Waals surface area contributed by atoms with Gasteiger partial charge in [0.05, 0.1) is 30.3 Å². The van der Waals surface area contributed by atoms with Crippen LogP contribution in [0.1, 0.15) is 58.1 Å². The van der Waals surface area contributed by atoms with Gasteiger partial charge in [0.15, 0.2) is 0 Å². The molecule has 1 N–H and O–H groups in total. The van der Waals surface area contributed by atoms with Gasteiger partial charge in [0.25, 0.3) is 5.91 Å². The molecule has 8 heteroatoms. The first kappa shape index (κ1) is 20.3. The zero-order valence-electron chi connectivity index (χ0n) is 17.7. The largest absolute Gasteiger partial charge is 0.424 e. The maximum absolute atomic E-state index is 12.6. The van der Waals surface area contributed by atoms with Gasteiger partial charge in [-0.3, -0.25) is 4.79 Å². The molecule has 1 fully saturated rings. The van der Waals surface area contributed by atoms with Crippen LogP contribution in [-0.4, -0.2) is 27.4 Å². The van der Waals surface area contributed by atoms with E-state index in [2.05, 4.69) is 29.1 Å². The predicted molar refractivity (Wildman–Crippen MR) is 110 cm³/mol. The molecular weight excluding hydrogens is 384 g/mol. The number of benzene rings is 1. The molecule has 158 valence electrons. The van der Waals surface area contributed by atoms with Crippen molar-refractivity contribution in [1.82, 2.24) is 15.3 Å². The first-order valence-corrected chi connectivity index (χ1v) is 10.3. The van der Waals surface area contributed by atoms with E-state index in [4.69, 9.17) is 9.47 Å². The Labute approximate surface area is 175 Å². The molecule has 2 aromatic rings. The van der Waals surface area contributed by atoms with Crippen LogP contribution in [0.3, 0.4) is 0 Å². The summed E-state index contributed by atoms with van der Waals surface area (Å²) in [5.41, 5.74) is 1.42. The molecule has 4 rings (SSSR count). The predicted octanol–water partition coefficient (Wildman–Crippen LogP) is 4.04. The van der Waals surface area contributed by atoms with Gasteiger partial charge in [0.1, 0.15) is 11.3 Å². The lowest BCUT2D eigenvalue weighted by Crippen LogP contribution is -2.43. The van der Waals surface area contributed by atoms with Crippen LogP contribution in [0.5, 0.6) is 11.8 Å². The number of ether oxygens (including phenoxy) is 2. The second-order valence-electron chi connectivity index (χ2n) is 7.89. The zero-order valence-corrected chi connectivity index (χ0v) is 17.7. The summed E-state index contributed by atoms with van der Waals surface area (Å²) < 4.78 is 11.9. The van der Waals surface area contributed by atoms with Crippen molar-refractivity contribution >= 4 is 17.6 Å². The maximum Gasteiger partial charge on any atom is 0.329 e. The van der Waals surface area contributed by atoms with Crippen molar-refractivity contribution in [2.24, 2.45) is 0 Å². The number of nitrogens with one attached hydrogen (secondary N) is 1. The molecule has 2 aliphatic heterocycles. The number of carbonyl (C=O) groups is 2. The number of carbonyl (C=O) groups excluding carboxylic acids is 2. The third kappa shape index (κ3) is 3.11. The molecule has 0 saturated carbocycles. The van der Waals surface area contributed by atoms with Crippen LogP contribution in [0.15, 0.2) is 30.6 Å². The van der Waals surface area contributed by atoms with Crippen molar-refractivity contribution < 1.29 is 19.1 Å². The van der Waals surface area contributed by atoms with Gasteiger partial charge in [-0.15, -0.1) is 0 Å². The van der Waals surface area contributed by atoms with Gasteiger partial charge in [-0.2, -0.15) is 0 Å². The molecule has 0 bridgehead atoms. The highest BCUT2D eigenvalue weighted by Gasteiger charge is 2.47. The number of hydrogen-bond acceptors (Lipinski definition) is 6. The molecule has 1 atom stereocenters. The molecule has 1 aromatic heterocycles. The highest BCUT2D eigenvalue weighted by Crippen LogP contribution is 2.43. The van der Waals surface area contributed by atoms with Crippen LogP contribution in [0.25, 0.3) is 0 Å². The van der Waals surface area contributed by atoms with Crippen molar-refractivity contribution in [3.05, 3.63) is 41.7 Å². The SMILES string of the molecule is CCC1(CC)OCc2ccc(Oc3ncc(N4C(=O)N[C@](C)(CC)C4=O)cn3)cc21. The zero-order chi connectivity index (χ0) is 21.5. The van der Waals surface area contributed by atoms with E-state index in [1.54, 1.807) is 6.92 Å². The Kier molecular flexibility index (Phi) is 4.97. The van der Waals surface area contributed by atoms with E-state index >= 15 is 0 Å². The van der Waals surface area contributed by atoms with Gasteiger partial charge < -0.3 is 14.8 Å². The van der Waals surface area contributed by atoms with E-state index in [-0.39, 0.29) is 17.5 Å². The quantitative estimate of drug-likeness (QED) is 0.723. The van der Waals surface area contributed by atoms with E-state index in [0.29, 0.717) is 24.5 Å². The van der Waals surface area contributed by atoms with E-state index in [9.17, 15) is 9.59 Å². The Morgan fingerprint density at radius 3 is 2.43 bits per heavy atom. The maximum atomic E-state index is 12.6. The minimum absolute atomic E-state index is 0.140. The first-order valence-electron chi connectivity index (χ1n) is 10.3. The van der Waals surface area contributed by atoms with Gasteiger partial charge in [-0.25, -0.2) is 19.7 Å². The fourth-order valence-electron chi connectivity index (χ4n) is 4.04. The summed E-state index contributed by atoms with van der Waals surface area (Å²) in [4.78, 5) is 34.3. The number of fused-ring (bicyclic) bond motifs is 1. The van der Waals surface area contributed by atoms with Crippen molar-refractivity contribution in [2.45, 2.75) is 64.7 Å². The molecule has 30 heavy (non-hydrogen) atoms. The average Bonchev–Trinajstić information content (AvgIpc) is 3.23. The summed E-state index contributed by atoms with van der Waals surface area (Å²) in [6.45, 7) is 8.39. The summed E-state index contributed by atoms with van der Waals surface area (Å²) in [5, 5.41) is 2.71. The molecule has 1 saturated heterocycles. The van der Waals surface area contributed by atoms with Gasteiger partial charge in [0.2, 0.25) is 0 Å². The third-order valence-corrected chi connectivity index (χ3v) is 6.27. The third-order valence-electron chi connectivity index (χ3n) is 6.27. The Hall–Kier alpha value is -3.00. The Bertz CT molecular complexity index is 987. The van der Waals surface area contributed by atoms with Crippen LogP contribution in [0, 0.1) is 0 Å². The number of imide groups is 1. The van der Waals surface area contributed by atoms with Crippen LogP contribution < -0.4 is 15.0 Å². The second-order valence-corrected chi connectivity index (χ2v) is 7.89. The number of urea groups is 1. The molecule has 3 amide bonds. The molecule has 1 aromatic carbocycles. The number of hydrogen-bond donors (Lipinski definition) is 1. The standard InChI is InChI=1S/C22H26N4O4/c1-5-21(4)18(27)26(20(28)25-21)15-11-23-19(24-12-15)30-16-9-8-14-13-29-22(6-2,7-3)17(14)10-16/h8-12H,5-7,13H2,1-4H3,(H,25,28)/t21-/m1/s1. The summed E-state index contributed by atoms with van der Waals surface area (Å²) in [6, 6.07) is 5.52. The molecule has 0 aliphatic carbocycles. The topological polar surface area (TPSA) is 93.7 Å². The molecular formula is C22H26N4O4. The van der Waals surface area contributed by atoms with Crippen molar-refractivity contribution in [2.75, 3.05) is 4.90 Å². The smallest absolute Gasteiger partial charge is 0.329 e. The normalized spacial score (nSPS) is 22.2. The number of anilines is 1. The van der Waals surface area contributed by atoms with Gasteiger partial charge in [0, 0.05) is 0 Å². The Morgan fingerprint density at radius 2 is 1.83 bits per heavy atom. The van der Waals surface area contributed by atoms with Crippen LogP contribution in [-0.2, 0) is 21.7 Å². The van der Waals surface area contributed by atoms with Gasteiger partial charge in [-0.05, 0) is 49.4 Å². The van der Waals surface area contributed by atoms with Crippen molar-refractivity contribution in [1.29, 1.82) is 0 Å². The minimum Gasteiger partial charge on any atom is -0.424 e. The summed E-state index contributed by atoms with van der Waals surface area (Å²) >= 11 is 0. The number of amides is 3. The van der Waals surface area contributed by atoms with Crippen LogP contribution in [0.4, 0.5) is 10.5 Å². The fraction of sp³-hybridized carbons (Fsp3) is 0.455. The summed E-state index contributed by atoms with van der Waals surface area (Å²) in [5.74, 6) is 0.299. The Morgan fingerprint density at radius 1 is 1.13 bits per heavy atom. The molecule has 3 heterocycles. The lowest BCUT2D eigenvalue weighted by atomic mass is 9.87. The van der Waals surface area contributed by atoms with E-state index in [0.717, 1.165) is 23.3 Å². The van der Waals surface area contributed by atoms with E-state index in [1.807, 2.05) is 25.1 Å². The van der Waals surface area contributed by atoms with Crippen LogP contribution >= 0.6 is 0 Å².